The number of carbonyl (C=O) groups is 2. The second-order valence-electron chi connectivity index (χ2n) is 8.20. The van der Waals surface area contributed by atoms with Crippen LogP contribution in [0.4, 0.5) is 9.18 Å². The van der Waals surface area contributed by atoms with Gasteiger partial charge in [0.1, 0.15) is 5.82 Å². The summed E-state index contributed by atoms with van der Waals surface area (Å²) in [4.78, 5) is 25.9. The third-order valence-electron chi connectivity index (χ3n) is 5.54. The van der Waals surface area contributed by atoms with E-state index in [1.165, 1.54) is 12.1 Å². The molecular weight excluding hydrogens is 383 g/mol. The summed E-state index contributed by atoms with van der Waals surface area (Å²) in [6, 6.07) is 10.5. The van der Waals surface area contributed by atoms with E-state index in [1.807, 2.05) is 30.1 Å². The fraction of sp³-hybridized carbons (Fsp3) is 0.478. The van der Waals surface area contributed by atoms with Crippen molar-refractivity contribution in [1.82, 2.24) is 20.9 Å². The van der Waals surface area contributed by atoms with Crippen LogP contribution in [0.25, 0.3) is 10.8 Å². The molecular formula is C23H31FN4O2. The molecule has 0 spiro atoms. The molecule has 2 aromatic carbocycles. The van der Waals surface area contributed by atoms with Gasteiger partial charge in [0, 0.05) is 19.1 Å². The molecule has 162 valence electrons. The Morgan fingerprint density at radius 1 is 1.20 bits per heavy atom. The predicted octanol–water partition coefficient (Wildman–Crippen LogP) is 3.01. The summed E-state index contributed by atoms with van der Waals surface area (Å²) in [6.45, 7) is 3.80. The molecule has 3 N–H and O–H groups in total. The Labute approximate surface area is 177 Å². The quantitative estimate of drug-likeness (QED) is 0.495. The second-order valence-corrected chi connectivity index (χ2v) is 8.20. The van der Waals surface area contributed by atoms with Crippen LogP contribution in [0.5, 0.6) is 0 Å². The summed E-state index contributed by atoms with van der Waals surface area (Å²) >= 11 is 0. The normalized spacial score (nSPS) is 15.4. The first kappa shape index (κ1) is 22.0. The highest BCUT2D eigenvalue weighted by atomic mass is 19.1. The molecule has 2 atom stereocenters. The summed E-state index contributed by atoms with van der Waals surface area (Å²) in [5.41, 5.74) is 0.920. The van der Waals surface area contributed by atoms with Gasteiger partial charge in [-0.15, -0.1) is 0 Å². The van der Waals surface area contributed by atoms with Gasteiger partial charge < -0.3 is 20.9 Å². The van der Waals surface area contributed by atoms with Gasteiger partial charge >= 0.3 is 6.03 Å². The molecule has 1 saturated carbocycles. The summed E-state index contributed by atoms with van der Waals surface area (Å²) in [5.74, 6) is 0.0997. The van der Waals surface area contributed by atoms with Crippen LogP contribution < -0.4 is 16.0 Å². The average Bonchev–Trinajstić information content (AvgIpc) is 3.55. The number of fused-ring (bicyclic) bond motifs is 1. The number of halogens is 1. The van der Waals surface area contributed by atoms with Gasteiger partial charge in [0.05, 0.1) is 6.04 Å². The number of hydrogen-bond donors (Lipinski definition) is 3. The van der Waals surface area contributed by atoms with Crippen LogP contribution >= 0.6 is 0 Å². The van der Waals surface area contributed by atoms with Crippen molar-refractivity contribution >= 4 is 23.2 Å². The van der Waals surface area contributed by atoms with Gasteiger partial charge in [-0.2, -0.15) is 0 Å². The monoisotopic (exact) mass is 414 g/mol. The van der Waals surface area contributed by atoms with Crippen molar-refractivity contribution in [3.8, 4) is 0 Å². The van der Waals surface area contributed by atoms with Crippen molar-refractivity contribution < 1.29 is 14.0 Å². The lowest BCUT2D eigenvalue weighted by molar-refractivity contribution is -0.109. The predicted molar refractivity (Wildman–Crippen MR) is 117 cm³/mol. The third-order valence-corrected chi connectivity index (χ3v) is 5.54. The molecule has 1 fully saturated rings. The SMILES string of the molecule is CNCC(C)CC(CNC=O)N(C(=O)NCc1ccc2ccc(F)cc2c1)C1CC1. The van der Waals surface area contributed by atoms with E-state index in [2.05, 4.69) is 22.9 Å². The average molecular weight is 415 g/mol. The Hall–Kier alpha value is -2.67. The van der Waals surface area contributed by atoms with Gasteiger partial charge in [-0.05, 0) is 73.3 Å². The van der Waals surface area contributed by atoms with Crippen molar-refractivity contribution in [2.24, 2.45) is 5.92 Å². The number of hydrogen-bond acceptors (Lipinski definition) is 3. The van der Waals surface area contributed by atoms with Gasteiger partial charge in [-0.25, -0.2) is 9.18 Å². The highest BCUT2D eigenvalue weighted by Gasteiger charge is 2.37. The summed E-state index contributed by atoms with van der Waals surface area (Å²) in [5, 5.41) is 10.7. The summed E-state index contributed by atoms with van der Waals surface area (Å²) in [7, 11) is 1.91. The third kappa shape index (κ3) is 5.92. The van der Waals surface area contributed by atoms with Gasteiger partial charge in [0.2, 0.25) is 6.41 Å². The first-order valence-electron chi connectivity index (χ1n) is 10.6. The fourth-order valence-corrected chi connectivity index (χ4v) is 4.00. The topological polar surface area (TPSA) is 73.5 Å². The minimum atomic E-state index is -0.273. The van der Waals surface area contributed by atoms with Crippen LogP contribution in [0.15, 0.2) is 36.4 Å². The maximum Gasteiger partial charge on any atom is 0.318 e. The minimum Gasteiger partial charge on any atom is -0.357 e. The number of urea groups is 1. The smallest absolute Gasteiger partial charge is 0.318 e. The van der Waals surface area contributed by atoms with E-state index in [0.717, 1.165) is 42.1 Å². The molecule has 2 unspecified atom stereocenters. The largest absolute Gasteiger partial charge is 0.357 e. The molecule has 6 nitrogen and oxygen atoms in total. The van der Waals surface area contributed by atoms with Crippen LogP contribution in [-0.2, 0) is 11.3 Å². The fourth-order valence-electron chi connectivity index (χ4n) is 4.00. The summed E-state index contributed by atoms with van der Waals surface area (Å²) in [6.07, 6.45) is 3.47. The van der Waals surface area contributed by atoms with Crippen LogP contribution in [0.2, 0.25) is 0 Å². The maximum atomic E-state index is 13.5. The highest BCUT2D eigenvalue weighted by molar-refractivity contribution is 5.83. The zero-order chi connectivity index (χ0) is 21.5. The zero-order valence-electron chi connectivity index (χ0n) is 17.7. The molecule has 1 aliphatic rings. The Morgan fingerprint density at radius 3 is 2.67 bits per heavy atom. The number of benzene rings is 2. The Kier molecular flexibility index (Phi) is 7.63. The Balaban J connectivity index is 1.68. The number of nitrogens with one attached hydrogen (secondary N) is 3. The first-order valence-corrected chi connectivity index (χ1v) is 10.6. The number of nitrogens with zero attached hydrogens (tertiary/aromatic N) is 1. The standard InChI is InChI=1S/C23H31FN4O2/c1-16(12-25-2)9-22(14-26-15-29)28(21-7-8-21)23(30)27-13-17-3-4-18-5-6-20(24)11-19(18)10-17/h3-6,10-11,15-16,21-22,25H,7-9,12-14H2,1-2H3,(H,26,29)(H,27,30). The molecule has 30 heavy (non-hydrogen) atoms. The van der Waals surface area contributed by atoms with E-state index in [1.54, 1.807) is 6.07 Å². The molecule has 0 aliphatic heterocycles. The molecule has 0 saturated heterocycles. The van der Waals surface area contributed by atoms with Gasteiger partial charge in [-0.1, -0.05) is 25.1 Å². The Bertz CT molecular complexity index is 871. The maximum absolute atomic E-state index is 13.5. The molecule has 0 aromatic heterocycles. The van der Waals surface area contributed by atoms with E-state index in [4.69, 9.17) is 0 Å². The van der Waals surface area contributed by atoms with E-state index in [-0.39, 0.29) is 23.9 Å². The van der Waals surface area contributed by atoms with E-state index in [0.29, 0.717) is 25.4 Å². The van der Waals surface area contributed by atoms with Crippen molar-refractivity contribution in [2.45, 2.75) is 44.8 Å². The van der Waals surface area contributed by atoms with E-state index in [9.17, 15) is 14.0 Å². The van der Waals surface area contributed by atoms with Gasteiger partial charge in [0.15, 0.2) is 0 Å². The van der Waals surface area contributed by atoms with Crippen molar-refractivity contribution in [3.63, 3.8) is 0 Å². The highest BCUT2D eigenvalue weighted by Crippen LogP contribution is 2.30. The molecule has 0 bridgehead atoms. The number of carbonyl (C=O) groups excluding carboxylic acids is 2. The van der Waals surface area contributed by atoms with E-state index >= 15 is 0 Å². The van der Waals surface area contributed by atoms with Crippen LogP contribution in [0, 0.1) is 11.7 Å². The second kappa shape index (κ2) is 10.4. The van der Waals surface area contributed by atoms with Crippen LogP contribution in [-0.4, -0.2) is 49.6 Å². The lowest BCUT2D eigenvalue weighted by Gasteiger charge is -2.33. The molecule has 2 aromatic rings. The van der Waals surface area contributed by atoms with Gasteiger partial charge in [-0.3, -0.25) is 4.79 Å². The zero-order valence-corrected chi connectivity index (χ0v) is 17.7. The summed E-state index contributed by atoms with van der Waals surface area (Å²) < 4.78 is 13.5. The van der Waals surface area contributed by atoms with Crippen LogP contribution in [0.1, 0.15) is 31.7 Å². The molecule has 3 rings (SSSR count). The van der Waals surface area contributed by atoms with Crippen molar-refractivity contribution in [3.05, 3.63) is 47.8 Å². The van der Waals surface area contributed by atoms with Crippen molar-refractivity contribution in [2.75, 3.05) is 20.1 Å². The van der Waals surface area contributed by atoms with Gasteiger partial charge in [0.25, 0.3) is 0 Å². The Morgan fingerprint density at radius 2 is 1.97 bits per heavy atom. The van der Waals surface area contributed by atoms with Crippen LogP contribution in [0.3, 0.4) is 0 Å². The number of rotatable bonds is 11. The first-order chi connectivity index (χ1) is 14.5. The minimum absolute atomic E-state index is 0.0586. The molecule has 0 radical (unpaired) electrons. The molecule has 1 aliphatic carbocycles. The van der Waals surface area contributed by atoms with E-state index < -0.39 is 0 Å². The van der Waals surface area contributed by atoms with Crippen molar-refractivity contribution in [1.29, 1.82) is 0 Å². The molecule has 3 amide bonds. The molecule has 7 heteroatoms. The number of amides is 3. The molecule has 0 heterocycles. The lowest BCUT2D eigenvalue weighted by Crippen LogP contribution is -2.51. The lowest BCUT2D eigenvalue weighted by atomic mass is 10.00.